The Kier molecular flexibility index (Phi) is 5.59. The molecule has 2 aliphatic carbocycles. The molecule has 4 atom stereocenters. The molecule has 1 N–H and O–H groups in total. The number of hydrazone groups is 1. The van der Waals surface area contributed by atoms with Crippen LogP contribution in [0.4, 0.5) is 15.8 Å². The Bertz CT molecular complexity index is 1280. The second kappa shape index (κ2) is 8.75. The highest BCUT2D eigenvalue weighted by Crippen LogP contribution is 2.52. The van der Waals surface area contributed by atoms with Gasteiger partial charge in [0.1, 0.15) is 5.82 Å². The zero-order chi connectivity index (χ0) is 24.7. The highest BCUT2D eigenvalue weighted by molar-refractivity contribution is 6.06. The molecule has 1 aliphatic heterocycles. The minimum absolute atomic E-state index is 0.0530. The van der Waals surface area contributed by atoms with Crippen LogP contribution < -0.4 is 10.1 Å². The van der Waals surface area contributed by atoms with Crippen LogP contribution in [-0.2, 0) is 14.4 Å². The molecule has 0 spiro atoms. The number of imide groups is 1. The van der Waals surface area contributed by atoms with Gasteiger partial charge in [-0.05, 0) is 48.6 Å². The predicted octanol–water partition coefficient (Wildman–Crippen LogP) is 2.89. The third kappa shape index (κ3) is 4.16. The summed E-state index contributed by atoms with van der Waals surface area (Å²) in [5.74, 6) is -2.70. The minimum Gasteiger partial charge on any atom is -0.477 e. The molecule has 3 aliphatic rings. The number of halogens is 1. The summed E-state index contributed by atoms with van der Waals surface area (Å²) in [6, 6.07) is 9.17. The molecular formula is C24H19FN4O6. The molecule has 3 amide bonds. The third-order valence-electron chi connectivity index (χ3n) is 6.42. The van der Waals surface area contributed by atoms with Gasteiger partial charge in [0.25, 0.3) is 17.7 Å². The van der Waals surface area contributed by atoms with Gasteiger partial charge in [0, 0.05) is 17.3 Å². The van der Waals surface area contributed by atoms with Crippen LogP contribution in [0.3, 0.4) is 0 Å². The smallest absolute Gasteiger partial charge is 0.311 e. The molecule has 0 aromatic heterocycles. The van der Waals surface area contributed by atoms with Crippen LogP contribution in [0, 0.1) is 39.6 Å². The normalized spacial score (nSPS) is 24.3. The summed E-state index contributed by atoms with van der Waals surface area (Å²) in [6.45, 7) is -0.541. The topological polar surface area (TPSA) is 131 Å². The Balaban J connectivity index is 1.26. The predicted molar refractivity (Wildman–Crippen MR) is 121 cm³/mol. The van der Waals surface area contributed by atoms with E-state index in [-0.39, 0.29) is 40.7 Å². The van der Waals surface area contributed by atoms with Crippen LogP contribution in [0.1, 0.15) is 12.0 Å². The first-order valence-corrected chi connectivity index (χ1v) is 10.9. The van der Waals surface area contributed by atoms with Gasteiger partial charge in [0.2, 0.25) is 0 Å². The van der Waals surface area contributed by atoms with E-state index in [2.05, 4.69) is 10.4 Å². The van der Waals surface area contributed by atoms with Gasteiger partial charge in [-0.15, -0.1) is 0 Å². The van der Waals surface area contributed by atoms with Crippen molar-refractivity contribution in [3.8, 4) is 5.75 Å². The fraction of sp³-hybridized carbons (Fsp3) is 0.250. The quantitative estimate of drug-likeness (QED) is 0.214. The van der Waals surface area contributed by atoms with Gasteiger partial charge in [0.15, 0.2) is 12.4 Å². The molecule has 178 valence electrons. The second-order valence-corrected chi connectivity index (χ2v) is 8.56. The molecule has 10 nitrogen and oxygen atoms in total. The lowest BCUT2D eigenvalue weighted by Gasteiger charge is -2.13. The number of carbonyl (C=O) groups is 3. The van der Waals surface area contributed by atoms with Crippen molar-refractivity contribution in [3.05, 3.63) is 76.1 Å². The maximum atomic E-state index is 13.2. The monoisotopic (exact) mass is 478 g/mol. The average molecular weight is 478 g/mol. The van der Waals surface area contributed by atoms with Crippen LogP contribution in [0.15, 0.2) is 59.7 Å². The summed E-state index contributed by atoms with van der Waals surface area (Å²) >= 11 is 0. The standard InChI is InChI=1S/C24H19FN4O6/c25-16-2-1-3-17(10-16)27-20(30)12-35-19-7-4-13(8-18(19)29(33)34)11-26-28-23(31)21-14-5-6-15(9-14)22(21)24(28)32/h1-8,10-11,14-15,21-22H,9,12H2,(H,27,30)/t14-,15-,21-,22+/m0/s1. The largest absolute Gasteiger partial charge is 0.477 e. The highest BCUT2D eigenvalue weighted by atomic mass is 19.1. The molecule has 0 radical (unpaired) electrons. The molecule has 1 heterocycles. The molecule has 2 aromatic rings. The molecule has 5 rings (SSSR count). The van der Waals surface area contributed by atoms with Crippen molar-refractivity contribution in [1.29, 1.82) is 0 Å². The number of benzene rings is 2. The van der Waals surface area contributed by atoms with E-state index in [0.717, 1.165) is 17.5 Å². The Morgan fingerprint density at radius 2 is 1.89 bits per heavy atom. The summed E-state index contributed by atoms with van der Waals surface area (Å²) in [6.07, 6.45) is 5.97. The highest BCUT2D eigenvalue weighted by Gasteiger charge is 2.59. The first-order chi connectivity index (χ1) is 16.8. The van der Waals surface area contributed by atoms with E-state index >= 15 is 0 Å². The molecule has 2 bridgehead atoms. The Labute approximate surface area is 198 Å². The second-order valence-electron chi connectivity index (χ2n) is 8.56. The summed E-state index contributed by atoms with van der Waals surface area (Å²) in [5, 5.41) is 18.8. The minimum atomic E-state index is -0.683. The van der Waals surface area contributed by atoms with Crippen molar-refractivity contribution in [2.75, 3.05) is 11.9 Å². The number of nitro benzene ring substituents is 1. The Hall–Kier alpha value is -4.41. The average Bonchev–Trinajstić information content (AvgIpc) is 3.51. The Morgan fingerprint density at radius 3 is 2.54 bits per heavy atom. The molecule has 2 aromatic carbocycles. The fourth-order valence-corrected chi connectivity index (χ4v) is 4.91. The number of nitrogens with zero attached hydrogens (tertiary/aromatic N) is 3. The van der Waals surface area contributed by atoms with Gasteiger partial charge >= 0.3 is 5.69 Å². The number of carbonyl (C=O) groups excluding carboxylic acids is 3. The van der Waals surface area contributed by atoms with E-state index in [1.807, 2.05) is 12.2 Å². The molecule has 1 saturated carbocycles. The van der Waals surface area contributed by atoms with Gasteiger partial charge in [0.05, 0.1) is 23.0 Å². The number of fused-ring (bicyclic) bond motifs is 5. The lowest BCUT2D eigenvalue weighted by molar-refractivity contribution is -0.385. The summed E-state index contributed by atoms with van der Waals surface area (Å²) in [4.78, 5) is 48.3. The van der Waals surface area contributed by atoms with E-state index in [4.69, 9.17) is 4.74 Å². The fourth-order valence-electron chi connectivity index (χ4n) is 4.91. The van der Waals surface area contributed by atoms with Gasteiger partial charge in [-0.1, -0.05) is 18.2 Å². The number of nitrogens with one attached hydrogen (secondary N) is 1. The van der Waals surface area contributed by atoms with E-state index in [1.165, 1.54) is 42.6 Å². The van der Waals surface area contributed by atoms with Crippen LogP contribution >= 0.6 is 0 Å². The Morgan fingerprint density at radius 1 is 1.17 bits per heavy atom. The number of rotatable bonds is 7. The zero-order valence-electron chi connectivity index (χ0n) is 18.2. The molecule has 0 unspecified atom stereocenters. The summed E-state index contributed by atoms with van der Waals surface area (Å²) < 4.78 is 18.5. The molecule has 2 fully saturated rings. The molecule has 11 heteroatoms. The van der Waals surface area contributed by atoms with E-state index in [1.54, 1.807) is 0 Å². The van der Waals surface area contributed by atoms with Crippen LogP contribution in [-0.4, -0.2) is 40.5 Å². The number of allylic oxidation sites excluding steroid dienone is 2. The lowest BCUT2D eigenvalue weighted by atomic mass is 9.85. The number of ether oxygens (including phenoxy) is 1. The molecular weight excluding hydrogens is 459 g/mol. The van der Waals surface area contributed by atoms with E-state index in [9.17, 15) is 28.9 Å². The van der Waals surface area contributed by atoms with Crippen molar-refractivity contribution < 1.29 is 28.4 Å². The molecule has 1 saturated heterocycles. The van der Waals surface area contributed by atoms with Crippen molar-refractivity contribution in [2.24, 2.45) is 28.8 Å². The maximum Gasteiger partial charge on any atom is 0.311 e. The van der Waals surface area contributed by atoms with E-state index in [0.29, 0.717) is 0 Å². The SMILES string of the molecule is O=C(COc1ccc(C=NN2C(=O)[C@@H]3[C@H](C2=O)[C@H]2C=C[C@H]3C2)cc1[N+](=O)[O-])Nc1cccc(F)c1. The number of hydrogen-bond donors (Lipinski definition) is 1. The zero-order valence-corrected chi connectivity index (χ0v) is 18.2. The van der Waals surface area contributed by atoms with Crippen LogP contribution in [0.2, 0.25) is 0 Å². The number of anilines is 1. The number of nitro groups is 1. The third-order valence-corrected chi connectivity index (χ3v) is 6.42. The van der Waals surface area contributed by atoms with Gasteiger partial charge in [-0.25, -0.2) is 4.39 Å². The number of hydrogen-bond acceptors (Lipinski definition) is 7. The van der Waals surface area contributed by atoms with Crippen molar-refractivity contribution in [3.63, 3.8) is 0 Å². The van der Waals surface area contributed by atoms with Gasteiger partial charge < -0.3 is 10.1 Å². The number of amides is 3. The first kappa shape index (κ1) is 22.4. The molecule has 35 heavy (non-hydrogen) atoms. The van der Waals surface area contributed by atoms with Crippen LogP contribution in [0.5, 0.6) is 5.75 Å². The van der Waals surface area contributed by atoms with Crippen molar-refractivity contribution in [1.82, 2.24) is 5.01 Å². The van der Waals surface area contributed by atoms with E-state index < -0.39 is 40.8 Å². The van der Waals surface area contributed by atoms with Crippen molar-refractivity contribution >= 4 is 35.3 Å². The van der Waals surface area contributed by atoms with Crippen LogP contribution in [0.25, 0.3) is 0 Å². The first-order valence-electron chi connectivity index (χ1n) is 10.9. The van der Waals surface area contributed by atoms with Crippen molar-refractivity contribution in [2.45, 2.75) is 6.42 Å². The summed E-state index contributed by atoms with van der Waals surface area (Å²) in [5.41, 5.74) is 0.0660. The summed E-state index contributed by atoms with van der Waals surface area (Å²) in [7, 11) is 0. The maximum absolute atomic E-state index is 13.2. The van der Waals surface area contributed by atoms with Gasteiger partial charge in [-0.2, -0.15) is 10.1 Å². The lowest BCUT2D eigenvalue weighted by Crippen LogP contribution is -2.28. The van der Waals surface area contributed by atoms with Gasteiger partial charge in [-0.3, -0.25) is 24.5 Å².